The van der Waals surface area contributed by atoms with Gasteiger partial charge in [0.1, 0.15) is 29.3 Å². The van der Waals surface area contributed by atoms with Crippen molar-refractivity contribution in [1.82, 2.24) is 15.3 Å². The Bertz CT molecular complexity index is 1220. The van der Waals surface area contributed by atoms with E-state index in [4.69, 9.17) is 20.4 Å². The number of nitrogens with zero attached hydrogens (tertiary/aromatic N) is 5. The third-order valence-electron chi connectivity index (χ3n) is 8.68. The number of nitriles is 1. The first-order valence-electron chi connectivity index (χ1n) is 13.5. The highest BCUT2D eigenvalue weighted by Crippen LogP contribution is 2.51. The van der Waals surface area contributed by atoms with Crippen LogP contribution in [0.2, 0.25) is 0 Å². The lowest BCUT2D eigenvalue weighted by Gasteiger charge is -2.53. The Morgan fingerprint density at radius 2 is 1.92 bits per heavy atom. The van der Waals surface area contributed by atoms with Gasteiger partial charge in [0.05, 0.1) is 11.2 Å². The van der Waals surface area contributed by atoms with Gasteiger partial charge in [0.2, 0.25) is 0 Å². The monoisotopic (exact) mass is 523 g/mol. The zero-order valence-corrected chi connectivity index (χ0v) is 22.7. The molecule has 4 N–H and O–H groups in total. The maximum absolute atomic E-state index is 10.7. The van der Waals surface area contributed by atoms with Crippen LogP contribution < -0.4 is 25.6 Å². The minimum absolute atomic E-state index is 0.0467. The van der Waals surface area contributed by atoms with Gasteiger partial charge in [-0.05, 0) is 70.9 Å². The lowest BCUT2D eigenvalue weighted by Crippen LogP contribution is -2.61. The fourth-order valence-electron chi connectivity index (χ4n) is 6.73. The topological polar surface area (TPSA) is 124 Å². The average Bonchev–Trinajstić information content (AvgIpc) is 3.43. The Balaban J connectivity index is 1.28. The number of piperidine rings is 1. The van der Waals surface area contributed by atoms with Gasteiger partial charge in [-0.3, -0.25) is 0 Å². The standard InChI is InChI=1S/C27H37N7O2S/c1-25(7-4-10-30-25)17-36-24-31-20(33-11-5-8-26(2,35)14-33)12-21(32-24)34-15-27(16-34)9-3-6-19-22(27)18(13-28)23(29)37-19/h12,30,35H,3-11,14-17,29H2,1-2H3/t25-,26+/m0/s1. The summed E-state index contributed by atoms with van der Waals surface area (Å²) >= 11 is 1.59. The second kappa shape index (κ2) is 9.00. The van der Waals surface area contributed by atoms with Crippen molar-refractivity contribution in [2.75, 3.05) is 54.9 Å². The van der Waals surface area contributed by atoms with Crippen LogP contribution in [0.3, 0.4) is 0 Å². The molecule has 0 bridgehead atoms. The number of aliphatic hydroxyl groups is 1. The molecule has 0 radical (unpaired) electrons. The van der Waals surface area contributed by atoms with Crippen LogP contribution in [0.5, 0.6) is 6.01 Å². The molecule has 4 aliphatic rings. The molecule has 0 amide bonds. The van der Waals surface area contributed by atoms with Gasteiger partial charge in [-0.25, -0.2) is 0 Å². The molecule has 0 saturated carbocycles. The quantitative estimate of drug-likeness (QED) is 0.543. The van der Waals surface area contributed by atoms with Crippen molar-refractivity contribution in [1.29, 1.82) is 5.26 Å². The highest BCUT2D eigenvalue weighted by molar-refractivity contribution is 7.16. The summed E-state index contributed by atoms with van der Waals surface area (Å²) in [6.07, 6.45) is 7.09. The Morgan fingerprint density at radius 3 is 2.62 bits per heavy atom. The third-order valence-corrected chi connectivity index (χ3v) is 9.75. The first-order chi connectivity index (χ1) is 17.7. The Hall–Kier alpha value is -2.61. The normalized spacial score (nSPS) is 28.6. The molecule has 2 aromatic heterocycles. The second-order valence-corrected chi connectivity index (χ2v) is 13.1. The molecule has 10 heteroatoms. The molecule has 3 aliphatic heterocycles. The summed E-state index contributed by atoms with van der Waals surface area (Å²) in [4.78, 5) is 15.4. The number of hydrogen-bond donors (Lipinski definition) is 3. The molecule has 1 aliphatic carbocycles. The minimum Gasteiger partial charge on any atom is -0.461 e. The number of nitrogens with two attached hydrogens (primary N) is 1. The summed E-state index contributed by atoms with van der Waals surface area (Å²) in [7, 11) is 0. The highest BCUT2D eigenvalue weighted by Gasteiger charge is 2.50. The molecular weight excluding hydrogens is 486 g/mol. The first-order valence-corrected chi connectivity index (χ1v) is 14.3. The predicted molar refractivity (Wildman–Crippen MR) is 146 cm³/mol. The fraction of sp³-hybridized carbons (Fsp3) is 0.667. The molecule has 0 unspecified atom stereocenters. The van der Waals surface area contributed by atoms with Gasteiger partial charge in [0, 0.05) is 48.1 Å². The van der Waals surface area contributed by atoms with Crippen molar-refractivity contribution in [2.45, 2.75) is 75.3 Å². The predicted octanol–water partition coefficient (Wildman–Crippen LogP) is 2.96. The van der Waals surface area contributed by atoms with Gasteiger partial charge in [-0.15, -0.1) is 11.3 Å². The van der Waals surface area contributed by atoms with E-state index in [-0.39, 0.29) is 11.0 Å². The van der Waals surface area contributed by atoms with Crippen LogP contribution in [0, 0.1) is 11.3 Å². The largest absolute Gasteiger partial charge is 0.461 e. The SMILES string of the molecule is C[C@@]1(O)CCCN(c2cc(N3CC4(CCCc5sc(N)c(C#N)c54)C3)nc(OC[C@]3(C)CCCN3)n2)C1. The summed E-state index contributed by atoms with van der Waals surface area (Å²) < 4.78 is 6.21. The number of thiophene rings is 1. The molecule has 198 valence electrons. The van der Waals surface area contributed by atoms with E-state index in [9.17, 15) is 10.4 Å². The Kier molecular flexibility index (Phi) is 6.01. The third kappa shape index (κ3) is 4.51. The van der Waals surface area contributed by atoms with Crippen LogP contribution in [0.1, 0.15) is 68.4 Å². The van der Waals surface area contributed by atoms with Crippen molar-refractivity contribution in [3.05, 3.63) is 22.1 Å². The van der Waals surface area contributed by atoms with E-state index in [0.29, 0.717) is 29.7 Å². The number of anilines is 3. The number of rotatable bonds is 5. The van der Waals surface area contributed by atoms with Crippen LogP contribution >= 0.6 is 11.3 Å². The second-order valence-electron chi connectivity index (χ2n) is 12.0. The van der Waals surface area contributed by atoms with Crippen molar-refractivity contribution in [2.24, 2.45) is 0 Å². The fourth-order valence-corrected chi connectivity index (χ4v) is 7.91. The first kappa shape index (κ1) is 24.7. The smallest absolute Gasteiger partial charge is 0.320 e. The molecule has 2 aromatic rings. The number of aryl methyl sites for hydroxylation is 1. The highest BCUT2D eigenvalue weighted by atomic mass is 32.1. The molecular formula is C27H37N7O2S. The molecule has 5 heterocycles. The van der Waals surface area contributed by atoms with E-state index < -0.39 is 5.60 Å². The van der Waals surface area contributed by atoms with E-state index >= 15 is 0 Å². The van der Waals surface area contributed by atoms with Gasteiger partial charge in [0.15, 0.2) is 0 Å². The van der Waals surface area contributed by atoms with Crippen LogP contribution in [0.4, 0.5) is 16.6 Å². The van der Waals surface area contributed by atoms with Crippen LogP contribution in [-0.4, -0.2) is 65.5 Å². The molecule has 6 rings (SSSR count). The van der Waals surface area contributed by atoms with Gasteiger partial charge in [-0.2, -0.15) is 15.2 Å². The maximum atomic E-state index is 10.7. The summed E-state index contributed by atoms with van der Waals surface area (Å²) in [5, 5.41) is 24.7. The number of fused-ring (bicyclic) bond motifs is 2. The number of nitrogens with one attached hydrogen (secondary N) is 1. The Morgan fingerprint density at radius 1 is 1.14 bits per heavy atom. The lowest BCUT2D eigenvalue weighted by molar-refractivity contribution is 0.0446. The number of β-amino-alcohol motifs (C(OH)–C–C–N with tert-alkyl or cyclic N) is 1. The van der Waals surface area contributed by atoms with Gasteiger partial charge >= 0.3 is 6.01 Å². The van der Waals surface area contributed by atoms with E-state index in [2.05, 4.69) is 28.1 Å². The average molecular weight is 524 g/mol. The lowest BCUT2D eigenvalue weighted by atomic mass is 9.66. The molecule has 3 fully saturated rings. The number of nitrogen functional groups attached to an aromatic ring is 1. The molecule has 2 atom stereocenters. The van der Waals surface area contributed by atoms with Crippen molar-refractivity contribution >= 4 is 28.0 Å². The van der Waals surface area contributed by atoms with Gasteiger partial charge in [-0.1, -0.05) is 0 Å². The van der Waals surface area contributed by atoms with Crippen LogP contribution in [0.15, 0.2) is 6.07 Å². The van der Waals surface area contributed by atoms with Crippen LogP contribution in [0.25, 0.3) is 0 Å². The number of hydrogen-bond acceptors (Lipinski definition) is 10. The zero-order valence-electron chi connectivity index (χ0n) is 21.8. The molecule has 0 aromatic carbocycles. The van der Waals surface area contributed by atoms with Crippen molar-refractivity contribution < 1.29 is 9.84 Å². The Labute approximate surface area is 222 Å². The van der Waals surface area contributed by atoms with E-state index in [1.165, 1.54) is 10.4 Å². The van der Waals surface area contributed by atoms with E-state index in [1.807, 2.05) is 13.0 Å². The van der Waals surface area contributed by atoms with Crippen molar-refractivity contribution in [3.63, 3.8) is 0 Å². The van der Waals surface area contributed by atoms with E-state index in [1.54, 1.807) is 11.3 Å². The van der Waals surface area contributed by atoms with Gasteiger partial charge < -0.3 is 30.7 Å². The molecule has 3 saturated heterocycles. The van der Waals surface area contributed by atoms with E-state index in [0.717, 1.165) is 82.8 Å². The molecule has 37 heavy (non-hydrogen) atoms. The molecule has 9 nitrogen and oxygen atoms in total. The number of aromatic nitrogens is 2. The number of ether oxygens (including phenoxy) is 1. The van der Waals surface area contributed by atoms with Crippen molar-refractivity contribution in [3.8, 4) is 12.1 Å². The van der Waals surface area contributed by atoms with Gasteiger partial charge in [0.25, 0.3) is 0 Å². The summed E-state index contributed by atoms with van der Waals surface area (Å²) in [6.45, 7) is 8.59. The van der Waals surface area contributed by atoms with Crippen LogP contribution in [-0.2, 0) is 11.8 Å². The summed E-state index contributed by atoms with van der Waals surface area (Å²) in [5.74, 6) is 1.64. The maximum Gasteiger partial charge on any atom is 0.320 e. The summed E-state index contributed by atoms with van der Waals surface area (Å²) in [5.41, 5.74) is 7.24. The zero-order chi connectivity index (χ0) is 25.8. The summed E-state index contributed by atoms with van der Waals surface area (Å²) in [6, 6.07) is 4.80. The molecule has 1 spiro atoms. The minimum atomic E-state index is -0.739.